The Bertz CT molecular complexity index is 1030. The number of aliphatic hydroxyl groups is 1. The molecule has 1 N–H and O–H groups in total. The fourth-order valence-electron chi connectivity index (χ4n) is 4.81. The average molecular weight is 445 g/mol. The highest BCUT2D eigenvalue weighted by Gasteiger charge is 2.48. The lowest BCUT2D eigenvalue weighted by Crippen LogP contribution is -2.47. The van der Waals surface area contributed by atoms with Gasteiger partial charge >= 0.3 is 6.18 Å². The van der Waals surface area contributed by atoms with Gasteiger partial charge in [0.05, 0.1) is 17.2 Å². The van der Waals surface area contributed by atoms with Crippen molar-refractivity contribution in [2.75, 3.05) is 37.7 Å². The number of piperidine rings is 1. The minimum absolute atomic E-state index is 0.0886. The van der Waals surface area contributed by atoms with Crippen molar-refractivity contribution in [3.8, 4) is 6.07 Å². The van der Waals surface area contributed by atoms with Gasteiger partial charge in [-0.15, -0.1) is 0 Å². The molecule has 7 nitrogen and oxygen atoms in total. The smallest absolute Gasteiger partial charge is 0.396 e. The van der Waals surface area contributed by atoms with Gasteiger partial charge in [0.1, 0.15) is 0 Å². The third kappa shape index (κ3) is 4.00. The van der Waals surface area contributed by atoms with Crippen LogP contribution in [-0.4, -0.2) is 58.7 Å². The van der Waals surface area contributed by atoms with E-state index in [0.717, 1.165) is 6.07 Å². The Hall–Kier alpha value is -3.19. The minimum Gasteiger partial charge on any atom is -0.396 e. The summed E-state index contributed by atoms with van der Waals surface area (Å²) in [5, 5.41) is 19.0. The third-order valence-electron chi connectivity index (χ3n) is 6.63. The summed E-state index contributed by atoms with van der Waals surface area (Å²) in [4.78, 5) is 24.2. The number of nitriles is 1. The van der Waals surface area contributed by atoms with Gasteiger partial charge in [-0.3, -0.25) is 4.79 Å². The predicted molar refractivity (Wildman–Crippen MR) is 109 cm³/mol. The summed E-state index contributed by atoms with van der Waals surface area (Å²) in [6.45, 7) is 1.72. The molecule has 1 aromatic heterocycles. The molecule has 1 aromatic carbocycles. The Morgan fingerprint density at radius 3 is 2.53 bits per heavy atom. The van der Waals surface area contributed by atoms with Crippen LogP contribution in [0.25, 0.3) is 0 Å². The zero-order valence-electron chi connectivity index (χ0n) is 17.2. The number of hydrogen-bond donors (Lipinski definition) is 1. The van der Waals surface area contributed by atoms with Crippen LogP contribution >= 0.6 is 0 Å². The Balaban J connectivity index is 1.52. The van der Waals surface area contributed by atoms with E-state index in [-0.39, 0.29) is 29.7 Å². The number of alkyl halides is 3. The summed E-state index contributed by atoms with van der Waals surface area (Å²) in [6, 6.07) is 6.96. The Kier molecular flexibility index (Phi) is 5.77. The highest BCUT2D eigenvalue weighted by Crippen LogP contribution is 2.46. The summed E-state index contributed by atoms with van der Waals surface area (Å²) in [7, 11) is 0. The molecule has 4 rings (SSSR count). The molecule has 0 saturated carbocycles. The highest BCUT2D eigenvalue weighted by molar-refractivity contribution is 5.90. The van der Waals surface area contributed by atoms with Crippen LogP contribution < -0.4 is 4.90 Å². The van der Waals surface area contributed by atoms with Crippen LogP contribution in [0.15, 0.2) is 36.7 Å². The summed E-state index contributed by atoms with van der Waals surface area (Å²) < 4.78 is 40.2. The highest BCUT2D eigenvalue weighted by atomic mass is 19.4. The second kappa shape index (κ2) is 8.39. The first-order valence-corrected chi connectivity index (χ1v) is 10.3. The first kappa shape index (κ1) is 22.0. The fourth-order valence-corrected chi connectivity index (χ4v) is 4.81. The second-order valence-electron chi connectivity index (χ2n) is 8.33. The summed E-state index contributed by atoms with van der Waals surface area (Å²) >= 11 is 0. The molecule has 10 heteroatoms. The Morgan fingerprint density at radius 2 is 1.94 bits per heavy atom. The molecule has 1 spiro atoms. The van der Waals surface area contributed by atoms with Crippen LogP contribution in [-0.2, 0) is 6.18 Å². The number of hydrogen-bond acceptors (Lipinski definition) is 6. The van der Waals surface area contributed by atoms with Crippen LogP contribution in [0.3, 0.4) is 0 Å². The molecule has 2 aromatic rings. The number of aliphatic hydroxyl groups excluding tert-OH is 1. The first-order chi connectivity index (χ1) is 15.3. The van der Waals surface area contributed by atoms with Gasteiger partial charge in [-0.2, -0.15) is 18.4 Å². The standard InChI is InChI=1S/C22H22F3N5O2/c23-22(24,25)18-10-17(3-2-15(18)11-26)30-12-16(13-31)21(14-30)4-8-29(9-5-21)20(32)19-27-6-1-7-28-19/h1-3,6-7,10,16,31H,4-5,8-9,12-14H2. The quantitative estimate of drug-likeness (QED) is 0.781. The van der Waals surface area contributed by atoms with Gasteiger partial charge in [-0.05, 0) is 42.5 Å². The number of aromatic nitrogens is 2. The summed E-state index contributed by atoms with van der Waals surface area (Å²) in [6.07, 6.45) is -0.365. The predicted octanol–water partition coefficient (Wildman–Crippen LogP) is 2.72. The zero-order chi connectivity index (χ0) is 22.9. The number of nitrogens with zero attached hydrogens (tertiary/aromatic N) is 5. The van der Waals surface area contributed by atoms with E-state index in [9.17, 15) is 23.1 Å². The lowest BCUT2D eigenvalue weighted by Gasteiger charge is -2.42. The number of rotatable bonds is 3. The van der Waals surface area contributed by atoms with Gasteiger partial charge in [0.15, 0.2) is 0 Å². The molecule has 2 fully saturated rings. The molecule has 0 radical (unpaired) electrons. The molecule has 2 aliphatic rings. The van der Waals surface area contributed by atoms with Crippen molar-refractivity contribution < 1.29 is 23.1 Å². The van der Waals surface area contributed by atoms with Crippen LogP contribution in [0.2, 0.25) is 0 Å². The second-order valence-corrected chi connectivity index (χ2v) is 8.33. The third-order valence-corrected chi connectivity index (χ3v) is 6.63. The number of benzene rings is 1. The fraction of sp³-hybridized carbons (Fsp3) is 0.455. The maximum absolute atomic E-state index is 13.4. The topological polar surface area (TPSA) is 93.4 Å². The molecule has 2 aliphatic heterocycles. The number of amides is 1. The Labute approximate surface area is 183 Å². The van der Waals surface area contributed by atoms with E-state index in [2.05, 4.69) is 9.97 Å². The molecular formula is C22H22F3N5O2. The lowest BCUT2D eigenvalue weighted by atomic mass is 9.71. The van der Waals surface area contributed by atoms with E-state index in [1.165, 1.54) is 24.5 Å². The lowest BCUT2D eigenvalue weighted by molar-refractivity contribution is -0.137. The van der Waals surface area contributed by atoms with Crippen molar-refractivity contribution in [3.63, 3.8) is 0 Å². The largest absolute Gasteiger partial charge is 0.417 e. The van der Waals surface area contributed by atoms with Crippen molar-refractivity contribution in [3.05, 3.63) is 53.6 Å². The van der Waals surface area contributed by atoms with Gasteiger partial charge in [0, 0.05) is 56.8 Å². The van der Waals surface area contributed by atoms with E-state index in [1.54, 1.807) is 17.0 Å². The minimum atomic E-state index is -4.62. The monoisotopic (exact) mass is 445 g/mol. The molecule has 1 amide bonds. The average Bonchev–Trinajstić information content (AvgIpc) is 3.16. The van der Waals surface area contributed by atoms with Crippen LogP contribution in [0, 0.1) is 22.7 Å². The molecule has 1 atom stereocenters. The number of anilines is 1. The number of halogens is 3. The molecule has 0 aliphatic carbocycles. The number of carbonyl (C=O) groups excluding carboxylic acids is 1. The maximum atomic E-state index is 13.4. The summed E-state index contributed by atoms with van der Waals surface area (Å²) in [5.74, 6) is -0.247. The van der Waals surface area contributed by atoms with Gasteiger partial charge in [-0.25, -0.2) is 9.97 Å². The molecule has 2 saturated heterocycles. The maximum Gasteiger partial charge on any atom is 0.417 e. The van der Waals surface area contributed by atoms with Crippen LogP contribution in [0.4, 0.5) is 18.9 Å². The van der Waals surface area contributed by atoms with Crippen molar-refractivity contribution in [1.29, 1.82) is 5.26 Å². The zero-order valence-corrected chi connectivity index (χ0v) is 17.2. The normalized spacial score (nSPS) is 20.4. The summed E-state index contributed by atoms with van der Waals surface area (Å²) in [5.41, 5.74) is -1.30. The molecule has 32 heavy (non-hydrogen) atoms. The van der Waals surface area contributed by atoms with Crippen LogP contribution in [0.1, 0.15) is 34.6 Å². The molecular weight excluding hydrogens is 423 g/mol. The van der Waals surface area contributed by atoms with E-state index in [4.69, 9.17) is 5.26 Å². The molecule has 3 heterocycles. The molecule has 0 bridgehead atoms. The Morgan fingerprint density at radius 1 is 1.25 bits per heavy atom. The van der Waals surface area contributed by atoms with Crippen molar-refractivity contribution >= 4 is 11.6 Å². The van der Waals surface area contributed by atoms with E-state index >= 15 is 0 Å². The van der Waals surface area contributed by atoms with Crippen LogP contribution in [0.5, 0.6) is 0 Å². The van der Waals surface area contributed by atoms with Gasteiger partial charge in [0.2, 0.25) is 5.82 Å². The van der Waals surface area contributed by atoms with E-state index in [1.807, 2.05) is 4.90 Å². The van der Waals surface area contributed by atoms with Crippen molar-refractivity contribution in [2.24, 2.45) is 11.3 Å². The van der Waals surface area contributed by atoms with Crippen molar-refractivity contribution in [1.82, 2.24) is 14.9 Å². The molecule has 168 valence electrons. The number of carbonyl (C=O) groups is 1. The van der Waals surface area contributed by atoms with Gasteiger partial charge < -0.3 is 14.9 Å². The van der Waals surface area contributed by atoms with Crippen molar-refractivity contribution in [2.45, 2.75) is 19.0 Å². The number of likely N-dealkylation sites (tertiary alicyclic amines) is 1. The van der Waals surface area contributed by atoms with E-state index in [0.29, 0.717) is 44.7 Å². The first-order valence-electron chi connectivity index (χ1n) is 10.3. The van der Waals surface area contributed by atoms with E-state index < -0.39 is 17.3 Å². The van der Waals surface area contributed by atoms with Gasteiger partial charge in [0.25, 0.3) is 5.91 Å². The SMILES string of the molecule is N#Cc1ccc(N2CC(CO)C3(CCN(C(=O)c4ncccn4)CC3)C2)cc1C(F)(F)F. The van der Waals surface area contributed by atoms with Gasteiger partial charge in [-0.1, -0.05) is 0 Å². The molecule has 1 unspecified atom stereocenters.